The van der Waals surface area contributed by atoms with Crippen molar-refractivity contribution in [3.63, 3.8) is 0 Å². The number of rotatable bonds is 3. The summed E-state index contributed by atoms with van der Waals surface area (Å²) in [5.74, 6) is 1.28. The second-order valence-corrected chi connectivity index (χ2v) is 5.78. The molecule has 1 aromatic heterocycles. The number of aromatic nitrogens is 4. The van der Waals surface area contributed by atoms with Crippen LogP contribution >= 0.6 is 0 Å². The minimum atomic E-state index is 0.267. The van der Waals surface area contributed by atoms with Gasteiger partial charge in [-0.25, -0.2) is 4.68 Å². The van der Waals surface area contributed by atoms with Gasteiger partial charge in [0.15, 0.2) is 0 Å². The molecule has 0 unspecified atom stereocenters. The summed E-state index contributed by atoms with van der Waals surface area (Å²) in [7, 11) is 0. The number of hydrogen-bond acceptors (Lipinski definition) is 4. The van der Waals surface area contributed by atoms with Crippen molar-refractivity contribution in [2.45, 2.75) is 45.1 Å². The van der Waals surface area contributed by atoms with Gasteiger partial charge in [0.25, 0.3) is 0 Å². The summed E-state index contributed by atoms with van der Waals surface area (Å²) in [4.78, 5) is 14.4. The molecule has 19 heavy (non-hydrogen) atoms. The average molecular weight is 263 g/mol. The Labute approximate surface area is 113 Å². The summed E-state index contributed by atoms with van der Waals surface area (Å²) in [5.41, 5.74) is 0. The van der Waals surface area contributed by atoms with Crippen molar-refractivity contribution < 1.29 is 4.79 Å². The molecule has 2 aliphatic rings. The van der Waals surface area contributed by atoms with Crippen LogP contribution in [0.15, 0.2) is 6.33 Å². The van der Waals surface area contributed by atoms with Crippen LogP contribution < -0.4 is 0 Å². The highest BCUT2D eigenvalue weighted by Crippen LogP contribution is 2.31. The van der Waals surface area contributed by atoms with Crippen LogP contribution in [-0.4, -0.2) is 44.1 Å². The molecular formula is C13H21N5O. The van der Waals surface area contributed by atoms with Gasteiger partial charge in [0.2, 0.25) is 5.91 Å². The first kappa shape index (κ1) is 12.6. The van der Waals surface area contributed by atoms with E-state index in [0.717, 1.165) is 45.3 Å². The van der Waals surface area contributed by atoms with Crippen molar-refractivity contribution in [1.82, 2.24) is 25.1 Å². The normalized spacial score (nSPS) is 27.7. The minimum absolute atomic E-state index is 0.267. The number of carbonyl (C=O) groups is 1. The number of nitrogens with zero attached hydrogens (tertiary/aromatic N) is 5. The SMILES string of the molecule is O=C(C1CCC(Cn2cnnn2)CC1)N1CCCC1. The molecule has 6 heteroatoms. The lowest BCUT2D eigenvalue weighted by Crippen LogP contribution is -2.36. The smallest absolute Gasteiger partial charge is 0.225 e. The van der Waals surface area contributed by atoms with Gasteiger partial charge in [-0.3, -0.25) is 4.79 Å². The van der Waals surface area contributed by atoms with E-state index in [-0.39, 0.29) is 5.92 Å². The Bertz CT molecular complexity index is 405. The molecule has 2 fully saturated rings. The van der Waals surface area contributed by atoms with Crippen molar-refractivity contribution in [2.24, 2.45) is 11.8 Å². The van der Waals surface area contributed by atoms with E-state index < -0.39 is 0 Å². The summed E-state index contributed by atoms with van der Waals surface area (Å²) in [6, 6.07) is 0. The third-order valence-electron chi connectivity index (χ3n) is 4.45. The predicted molar refractivity (Wildman–Crippen MR) is 69.1 cm³/mol. The average Bonchev–Trinajstić information content (AvgIpc) is 3.12. The maximum atomic E-state index is 12.3. The minimum Gasteiger partial charge on any atom is -0.342 e. The van der Waals surface area contributed by atoms with Crippen molar-refractivity contribution in [1.29, 1.82) is 0 Å². The van der Waals surface area contributed by atoms with Gasteiger partial charge in [-0.15, -0.1) is 5.10 Å². The Morgan fingerprint density at radius 2 is 1.89 bits per heavy atom. The molecule has 0 N–H and O–H groups in total. The van der Waals surface area contributed by atoms with Crippen molar-refractivity contribution >= 4 is 5.91 Å². The summed E-state index contributed by atoms with van der Waals surface area (Å²) >= 11 is 0. The van der Waals surface area contributed by atoms with E-state index in [9.17, 15) is 4.79 Å². The molecule has 3 rings (SSSR count). The Morgan fingerprint density at radius 3 is 2.53 bits per heavy atom. The molecule has 0 spiro atoms. The fourth-order valence-corrected chi connectivity index (χ4v) is 3.32. The van der Waals surface area contributed by atoms with Crippen LogP contribution in [-0.2, 0) is 11.3 Å². The highest BCUT2D eigenvalue weighted by atomic mass is 16.2. The molecule has 2 heterocycles. The number of tetrazole rings is 1. The largest absolute Gasteiger partial charge is 0.342 e. The fraction of sp³-hybridized carbons (Fsp3) is 0.846. The first-order valence-electron chi connectivity index (χ1n) is 7.32. The zero-order valence-electron chi connectivity index (χ0n) is 11.2. The van der Waals surface area contributed by atoms with Crippen LogP contribution in [0.5, 0.6) is 0 Å². The molecule has 1 saturated carbocycles. The van der Waals surface area contributed by atoms with Crippen LogP contribution in [0.2, 0.25) is 0 Å². The summed E-state index contributed by atoms with van der Waals surface area (Å²) in [5, 5.41) is 11.2. The van der Waals surface area contributed by atoms with Gasteiger partial charge in [-0.05, 0) is 54.9 Å². The van der Waals surface area contributed by atoms with E-state index in [2.05, 4.69) is 20.4 Å². The van der Waals surface area contributed by atoms with Gasteiger partial charge < -0.3 is 4.90 Å². The molecule has 1 saturated heterocycles. The lowest BCUT2D eigenvalue weighted by atomic mass is 9.81. The van der Waals surface area contributed by atoms with E-state index in [1.54, 1.807) is 11.0 Å². The molecule has 1 aromatic rings. The summed E-state index contributed by atoms with van der Waals surface area (Å²) in [6.45, 7) is 2.84. The predicted octanol–water partition coefficient (Wildman–Crippen LogP) is 1.10. The summed E-state index contributed by atoms with van der Waals surface area (Å²) < 4.78 is 1.80. The van der Waals surface area contributed by atoms with Crippen molar-refractivity contribution in [3.8, 4) is 0 Å². The van der Waals surface area contributed by atoms with Gasteiger partial charge >= 0.3 is 0 Å². The Balaban J connectivity index is 1.47. The standard InChI is InChI=1S/C13H21N5O/c19-13(17-7-1-2-8-17)12-5-3-11(4-6-12)9-18-10-14-15-16-18/h10-12H,1-9H2. The Hall–Kier alpha value is -1.46. The molecule has 0 bridgehead atoms. The fourth-order valence-electron chi connectivity index (χ4n) is 3.32. The first-order valence-corrected chi connectivity index (χ1v) is 7.32. The third kappa shape index (κ3) is 2.93. The topological polar surface area (TPSA) is 63.9 Å². The molecule has 1 aliphatic heterocycles. The molecule has 104 valence electrons. The van der Waals surface area contributed by atoms with E-state index in [1.807, 2.05) is 0 Å². The molecular weight excluding hydrogens is 242 g/mol. The monoisotopic (exact) mass is 263 g/mol. The maximum Gasteiger partial charge on any atom is 0.225 e. The van der Waals surface area contributed by atoms with Crippen LogP contribution in [0.3, 0.4) is 0 Å². The van der Waals surface area contributed by atoms with E-state index in [4.69, 9.17) is 0 Å². The van der Waals surface area contributed by atoms with Crippen molar-refractivity contribution in [2.75, 3.05) is 13.1 Å². The summed E-state index contributed by atoms with van der Waals surface area (Å²) in [6.07, 6.45) is 8.32. The first-order chi connectivity index (χ1) is 9.33. The number of likely N-dealkylation sites (tertiary alicyclic amines) is 1. The van der Waals surface area contributed by atoms with Gasteiger partial charge in [-0.1, -0.05) is 0 Å². The van der Waals surface area contributed by atoms with Crippen LogP contribution in [0.1, 0.15) is 38.5 Å². The molecule has 0 radical (unpaired) electrons. The highest BCUT2D eigenvalue weighted by molar-refractivity contribution is 5.79. The molecule has 0 aromatic carbocycles. The molecule has 6 nitrogen and oxygen atoms in total. The van der Waals surface area contributed by atoms with Crippen LogP contribution in [0.25, 0.3) is 0 Å². The van der Waals surface area contributed by atoms with Gasteiger partial charge in [0.1, 0.15) is 6.33 Å². The molecule has 0 atom stereocenters. The van der Waals surface area contributed by atoms with Gasteiger partial charge in [-0.2, -0.15) is 0 Å². The van der Waals surface area contributed by atoms with Crippen LogP contribution in [0.4, 0.5) is 0 Å². The zero-order chi connectivity index (χ0) is 13.1. The number of carbonyl (C=O) groups excluding carboxylic acids is 1. The maximum absolute atomic E-state index is 12.3. The van der Waals surface area contributed by atoms with E-state index in [1.165, 1.54) is 12.8 Å². The lowest BCUT2D eigenvalue weighted by Gasteiger charge is -2.30. The molecule has 1 amide bonds. The Morgan fingerprint density at radius 1 is 1.16 bits per heavy atom. The Kier molecular flexibility index (Phi) is 3.75. The number of amides is 1. The zero-order valence-corrected chi connectivity index (χ0v) is 11.2. The number of hydrogen-bond donors (Lipinski definition) is 0. The molecule has 1 aliphatic carbocycles. The third-order valence-corrected chi connectivity index (χ3v) is 4.45. The highest BCUT2D eigenvalue weighted by Gasteiger charge is 2.30. The van der Waals surface area contributed by atoms with E-state index >= 15 is 0 Å². The second kappa shape index (κ2) is 5.67. The quantitative estimate of drug-likeness (QED) is 0.819. The van der Waals surface area contributed by atoms with E-state index in [0.29, 0.717) is 11.8 Å². The lowest BCUT2D eigenvalue weighted by molar-refractivity contribution is -0.135. The second-order valence-electron chi connectivity index (χ2n) is 5.78. The van der Waals surface area contributed by atoms with Crippen molar-refractivity contribution in [3.05, 3.63) is 6.33 Å². The van der Waals surface area contributed by atoms with Gasteiger partial charge in [0, 0.05) is 25.6 Å². The van der Waals surface area contributed by atoms with Crippen LogP contribution in [0, 0.1) is 11.8 Å². The van der Waals surface area contributed by atoms with Gasteiger partial charge in [0.05, 0.1) is 0 Å².